The standard InChI is InChI=1S/C24H32N4O3S/c1-17(2)21-14-22(28-9-12-30-13-10-28)27-24(26-21)32-16-18-5-7-19(8-6-18)23(29)25-15-20-4-3-11-31-20/h5-8,14,17,20H,3-4,9-13,15-16H2,1-2H3,(H,25,29)/t20-/m1/s1. The number of morpholine rings is 1. The van der Waals surface area contributed by atoms with Crippen molar-refractivity contribution in [2.45, 2.75) is 49.6 Å². The number of nitrogens with one attached hydrogen (secondary N) is 1. The number of benzene rings is 1. The summed E-state index contributed by atoms with van der Waals surface area (Å²) in [5.41, 5.74) is 2.86. The molecule has 0 spiro atoms. The van der Waals surface area contributed by atoms with Gasteiger partial charge in [-0.1, -0.05) is 37.7 Å². The summed E-state index contributed by atoms with van der Waals surface area (Å²) >= 11 is 1.63. The lowest BCUT2D eigenvalue weighted by molar-refractivity contribution is 0.0858. The van der Waals surface area contributed by atoms with E-state index in [1.54, 1.807) is 11.8 Å². The van der Waals surface area contributed by atoms with Gasteiger partial charge in [-0.25, -0.2) is 9.97 Å². The molecule has 0 radical (unpaired) electrons. The van der Waals surface area contributed by atoms with Crippen molar-refractivity contribution in [1.29, 1.82) is 0 Å². The fourth-order valence-corrected chi connectivity index (χ4v) is 4.58. The van der Waals surface area contributed by atoms with Gasteiger partial charge in [-0.3, -0.25) is 4.79 Å². The lowest BCUT2D eigenvalue weighted by Gasteiger charge is -2.28. The van der Waals surface area contributed by atoms with Crippen molar-refractivity contribution in [2.24, 2.45) is 0 Å². The van der Waals surface area contributed by atoms with E-state index in [9.17, 15) is 4.79 Å². The van der Waals surface area contributed by atoms with E-state index >= 15 is 0 Å². The number of hydrogen-bond acceptors (Lipinski definition) is 7. The van der Waals surface area contributed by atoms with Crippen molar-refractivity contribution in [3.63, 3.8) is 0 Å². The summed E-state index contributed by atoms with van der Waals surface area (Å²) in [5, 5.41) is 3.76. The molecule has 1 atom stereocenters. The topological polar surface area (TPSA) is 76.6 Å². The van der Waals surface area contributed by atoms with Gasteiger partial charge in [-0.2, -0.15) is 0 Å². The van der Waals surface area contributed by atoms with Crippen LogP contribution in [0.4, 0.5) is 5.82 Å². The second kappa shape index (κ2) is 11.1. The van der Waals surface area contributed by atoms with Crippen LogP contribution in [0.2, 0.25) is 0 Å². The van der Waals surface area contributed by atoms with Crippen molar-refractivity contribution < 1.29 is 14.3 Å². The number of carbonyl (C=O) groups excluding carboxylic acids is 1. The van der Waals surface area contributed by atoms with Crippen LogP contribution in [0, 0.1) is 0 Å². The first-order valence-electron chi connectivity index (χ1n) is 11.4. The Balaban J connectivity index is 1.36. The Morgan fingerprint density at radius 3 is 2.66 bits per heavy atom. The number of hydrogen-bond donors (Lipinski definition) is 1. The molecule has 7 nitrogen and oxygen atoms in total. The largest absolute Gasteiger partial charge is 0.378 e. The SMILES string of the molecule is CC(C)c1cc(N2CCOCC2)nc(SCc2ccc(C(=O)NC[C@H]3CCCO3)cc2)n1. The monoisotopic (exact) mass is 456 g/mol. The van der Waals surface area contributed by atoms with Crippen LogP contribution in [-0.4, -0.2) is 61.4 Å². The fraction of sp³-hybridized carbons (Fsp3) is 0.542. The summed E-state index contributed by atoms with van der Waals surface area (Å²) in [6, 6.07) is 9.87. The van der Waals surface area contributed by atoms with E-state index in [-0.39, 0.29) is 12.0 Å². The van der Waals surface area contributed by atoms with E-state index in [0.717, 1.165) is 73.7 Å². The first-order valence-corrected chi connectivity index (χ1v) is 12.4. The second-order valence-electron chi connectivity index (χ2n) is 8.52. The Hall–Kier alpha value is -2.16. The molecule has 172 valence electrons. The maximum atomic E-state index is 12.4. The molecule has 1 N–H and O–H groups in total. The summed E-state index contributed by atoms with van der Waals surface area (Å²) in [6.45, 7) is 8.86. The predicted octanol–water partition coefficient (Wildman–Crippen LogP) is 3.64. The minimum atomic E-state index is -0.0529. The third kappa shape index (κ3) is 6.21. The molecule has 0 bridgehead atoms. The molecule has 4 rings (SSSR count). The lowest BCUT2D eigenvalue weighted by atomic mass is 10.1. The van der Waals surface area contributed by atoms with Gasteiger partial charge in [0.15, 0.2) is 5.16 Å². The minimum absolute atomic E-state index is 0.0529. The van der Waals surface area contributed by atoms with E-state index in [4.69, 9.17) is 19.4 Å². The summed E-state index contributed by atoms with van der Waals surface area (Å²) in [5.74, 6) is 2.02. The minimum Gasteiger partial charge on any atom is -0.378 e. The molecule has 8 heteroatoms. The highest BCUT2D eigenvalue weighted by Crippen LogP contribution is 2.26. The normalized spacial score (nSPS) is 18.8. The van der Waals surface area contributed by atoms with E-state index in [0.29, 0.717) is 18.0 Å². The first-order chi connectivity index (χ1) is 15.6. The van der Waals surface area contributed by atoms with Crippen LogP contribution in [-0.2, 0) is 15.2 Å². The second-order valence-corrected chi connectivity index (χ2v) is 9.46. The number of carbonyl (C=O) groups is 1. The zero-order valence-corrected chi connectivity index (χ0v) is 19.7. The van der Waals surface area contributed by atoms with Crippen LogP contribution in [0.1, 0.15) is 54.2 Å². The predicted molar refractivity (Wildman–Crippen MR) is 126 cm³/mol. The molecule has 0 saturated carbocycles. The first kappa shape index (κ1) is 23.0. The summed E-state index contributed by atoms with van der Waals surface area (Å²) < 4.78 is 11.0. The zero-order valence-electron chi connectivity index (χ0n) is 18.9. The van der Waals surface area contributed by atoms with Gasteiger partial charge in [-0.15, -0.1) is 0 Å². The average Bonchev–Trinajstić information content (AvgIpc) is 3.36. The van der Waals surface area contributed by atoms with Gasteiger partial charge in [-0.05, 0) is 36.5 Å². The zero-order chi connectivity index (χ0) is 22.3. The van der Waals surface area contributed by atoms with Crippen molar-refractivity contribution in [2.75, 3.05) is 44.4 Å². The van der Waals surface area contributed by atoms with E-state index in [1.807, 2.05) is 24.3 Å². The van der Waals surface area contributed by atoms with Crippen LogP contribution in [0.25, 0.3) is 0 Å². The molecule has 2 saturated heterocycles. The molecular formula is C24H32N4O3S. The van der Waals surface area contributed by atoms with Gasteiger partial charge >= 0.3 is 0 Å². The Labute approximate surface area is 194 Å². The molecule has 2 fully saturated rings. The van der Waals surface area contributed by atoms with Crippen LogP contribution >= 0.6 is 11.8 Å². The number of anilines is 1. The molecule has 2 aliphatic rings. The highest BCUT2D eigenvalue weighted by atomic mass is 32.2. The molecule has 1 amide bonds. The maximum Gasteiger partial charge on any atom is 0.251 e. The van der Waals surface area contributed by atoms with Crippen molar-refractivity contribution >= 4 is 23.5 Å². The molecule has 2 aliphatic heterocycles. The third-order valence-corrected chi connectivity index (χ3v) is 6.66. The smallest absolute Gasteiger partial charge is 0.251 e. The summed E-state index contributed by atoms with van der Waals surface area (Å²) in [4.78, 5) is 24.2. The molecular weight excluding hydrogens is 424 g/mol. The van der Waals surface area contributed by atoms with Gasteiger partial charge in [0.1, 0.15) is 5.82 Å². The molecule has 1 aromatic heterocycles. The maximum absolute atomic E-state index is 12.4. The fourth-order valence-electron chi connectivity index (χ4n) is 3.76. The number of amides is 1. The molecule has 3 heterocycles. The highest BCUT2D eigenvalue weighted by Gasteiger charge is 2.18. The number of thioether (sulfide) groups is 1. The molecule has 2 aromatic rings. The van der Waals surface area contributed by atoms with Gasteiger partial charge in [0.25, 0.3) is 5.91 Å². The van der Waals surface area contributed by atoms with Crippen molar-refractivity contribution in [1.82, 2.24) is 15.3 Å². The number of ether oxygens (including phenoxy) is 2. The van der Waals surface area contributed by atoms with E-state index < -0.39 is 0 Å². The molecule has 0 aliphatic carbocycles. The Kier molecular flexibility index (Phi) is 8.00. The Morgan fingerprint density at radius 2 is 1.97 bits per heavy atom. The quantitative estimate of drug-likeness (QED) is 0.480. The van der Waals surface area contributed by atoms with Gasteiger partial charge in [0.2, 0.25) is 0 Å². The van der Waals surface area contributed by atoms with Gasteiger partial charge in [0.05, 0.1) is 19.3 Å². The van der Waals surface area contributed by atoms with Crippen LogP contribution in [0.15, 0.2) is 35.5 Å². The van der Waals surface area contributed by atoms with Crippen molar-refractivity contribution in [3.05, 3.63) is 47.2 Å². The third-order valence-electron chi connectivity index (χ3n) is 5.74. The van der Waals surface area contributed by atoms with Crippen LogP contribution in [0.3, 0.4) is 0 Å². The molecule has 32 heavy (non-hydrogen) atoms. The summed E-state index contributed by atoms with van der Waals surface area (Å²) in [7, 11) is 0. The lowest BCUT2D eigenvalue weighted by Crippen LogP contribution is -2.37. The van der Waals surface area contributed by atoms with E-state index in [1.165, 1.54) is 0 Å². The number of rotatable bonds is 8. The van der Waals surface area contributed by atoms with E-state index in [2.05, 4.69) is 30.1 Å². The van der Waals surface area contributed by atoms with Gasteiger partial charge < -0.3 is 19.7 Å². The average molecular weight is 457 g/mol. The Bertz CT molecular complexity index is 895. The highest BCUT2D eigenvalue weighted by molar-refractivity contribution is 7.98. The summed E-state index contributed by atoms with van der Waals surface area (Å²) in [6.07, 6.45) is 2.24. The van der Waals surface area contributed by atoms with Crippen LogP contribution < -0.4 is 10.2 Å². The van der Waals surface area contributed by atoms with Crippen molar-refractivity contribution in [3.8, 4) is 0 Å². The molecule has 1 aromatic carbocycles. The Morgan fingerprint density at radius 1 is 1.19 bits per heavy atom. The molecule has 0 unspecified atom stereocenters. The van der Waals surface area contributed by atoms with Crippen LogP contribution in [0.5, 0.6) is 0 Å². The number of nitrogens with zero attached hydrogens (tertiary/aromatic N) is 3. The number of aromatic nitrogens is 2. The van der Waals surface area contributed by atoms with Gasteiger partial charge in [0, 0.05) is 49.3 Å².